The first-order chi connectivity index (χ1) is 9.13. The summed E-state index contributed by atoms with van der Waals surface area (Å²) in [6.07, 6.45) is 0. The van der Waals surface area contributed by atoms with Gasteiger partial charge in [-0.05, 0) is 31.2 Å². The van der Waals surface area contributed by atoms with Crippen molar-refractivity contribution in [2.75, 3.05) is 26.4 Å². The molecule has 2 unspecified atom stereocenters. The van der Waals surface area contributed by atoms with Crippen molar-refractivity contribution in [1.82, 2.24) is 4.90 Å². The van der Waals surface area contributed by atoms with Crippen molar-refractivity contribution in [3.05, 3.63) is 34.9 Å². The third-order valence-corrected chi connectivity index (χ3v) is 3.74. The molecule has 4 nitrogen and oxygen atoms in total. The molecule has 1 aliphatic heterocycles. The number of rotatable bonds is 4. The predicted octanol–water partition coefficient (Wildman–Crippen LogP) is 1.60. The molecule has 5 heteroatoms. The highest BCUT2D eigenvalue weighted by Crippen LogP contribution is 2.17. The molecule has 104 valence electrons. The Kier molecular flexibility index (Phi) is 4.93. The first kappa shape index (κ1) is 14.5. The average Bonchev–Trinajstić information content (AvgIpc) is 2.46. The number of benzene rings is 1. The lowest BCUT2D eigenvalue weighted by Crippen LogP contribution is -2.53. The number of halogens is 1. The van der Waals surface area contributed by atoms with E-state index in [1.165, 1.54) is 0 Å². The molecule has 2 rings (SSSR count). The summed E-state index contributed by atoms with van der Waals surface area (Å²) in [6, 6.07) is 6.50. The maximum atomic E-state index is 12.4. The van der Waals surface area contributed by atoms with E-state index in [1.54, 1.807) is 24.3 Å². The van der Waals surface area contributed by atoms with Gasteiger partial charge in [0, 0.05) is 17.1 Å². The Morgan fingerprint density at radius 2 is 2.21 bits per heavy atom. The van der Waals surface area contributed by atoms with E-state index in [2.05, 4.69) is 0 Å². The fraction of sp³-hybridized carbons (Fsp3) is 0.500. The second kappa shape index (κ2) is 6.48. The van der Waals surface area contributed by atoms with Gasteiger partial charge in [0.2, 0.25) is 0 Å². The van der Waals surface area contributed by atoms with Crippen LogP contribution in [0.15, 0.2) is 24.3 Å². The number of aliphatic hydroxyl groups is 1. The van der Waals surface area contributed by atoms with Gasteiger partial charge in [0.15, 0.2) is 5.78 Å². The van der Waals surface area contributed by atoms with Crippen LogP contribution in [0.5, 0.6) is 0 Å². The Morgan fingerprint density at radius 3 is 2.84 bits per heavy atom. The lowest BCUT2D eigenvalue weighted by atomic mass is 10.0. The second-order valence-electron chi connectivity index (χ2n) is 4.70. The average molecular weight is 284 g/mol. The number of nitrogens with zero attached hydrogens (tertiary/aromatic N) is 1. The minimum atomic E-state index is -0.276. The molecule has 0 radical (unpaired) electrons. The molecular weight excluding hydrogens is 266 g/mol. The van der Waals surface area contributed by atoms with Gasteiger partial charge in [-0.25, -0.2) is 0 Å². The van der Waals surface area contributed by atoms with Crippen molar-refractivity contribution in [2.45, 2.75) is 19.0 Å². The van der Waals surface area contributed by atoms with Gasteiger partial charge in [0.25, 0.3) is 0 Å². The van der Waals surface area contributed by atoms with Crippen LogP contribution in [0, 0.1) is 0 Å². The van der Waals surface area contributed by atoms with Crippen molar-refractivity contribution in [3.63, 3.8) is 0 Å². The van der Waals surface area contributed by atoms with Gasteiger partial charge in [-0.2, -0.15) is 0 Å². The Hall–Kier alpha value is -0.940. The van der Waals surface area contributed by atoms with E-state index < -0.39 is 0 Å². The van der Waals surface area contributed by atoms with E-state index in [9.17, 15) is 9.90 Å². The smallest absolute Gasteiger partial charge is 0.179 e. The van der Waals surface area contributed by atoms with Crippen LogP contribution in [0.25, 0.3) is 0 Å². The topological polar surface area (TPSA) is 49.8 Å². The molecule has 19 heavy (non-hydrogen) atoms. The molecule has 0 aliphatic carbocycles. The summed E-state index contributed by atoms with van der Waals surface area (Å²) in [5, 5.41) is 9.96. The molecule has 1 N–H and O–H groups in total. The molecule has 0 amide bonds. The number of hydrogen-bond acceptors (Lipinski definition) is 4. The second-order valence-corrected chi connectivity index (χ2v) is 5.13. The zero-order chi connectivity index (χ0) is 13.8. The van der Waals surface area contributed by atoms with E-state index in [-0.39, 0.29) is 24.5 Å². The minimum Gasteiger partial charge on any atom is -0.395 e. The molecule has 1 aromatic carbocycles. The summed E-state index contributed by atoms with van der Waals surface area (Å²) in [5.41, 5.74) is 0.639. The van der Waals surface area contributed by atoms with Crippen molar-refractivity contribution >= 4 is 17.4 Å². The van der Waals surface area contributed by atoms with Crippen LogP contribution in [0.1, 0.15) is 17.3 Å². The minimum absolute atomic E-state index is 0.00175. The lowest BCUT2D eigenvalue weighted by molar-refractivity contribution is -0.0390. The molecule has 1 fully saturated rings. The predicted molar refractivity (Wildman–Crippen MR) is 73.6 cm³/mol. The number of carbonyl (C=O) groups is 1. The number of aliphatic hydroxyl groups excluding tert-OH is 1. The maximum Gasteiger partial charge on any atom is 0.179 e. The standard InChI is InChI=1S/C14H18ClNO3/c1-10(16-6-7-19-9-13(16)8-17)14(18)11-2-4-12(15)5-3-11/h2-5,10,13,17H,6-9H2,1H3. The molecule has 1 saturated heterocycles. The van der Waals surface area contributed by atoms with Crippen molar-refractivity contribution < 1.29 is 14.6 Å². The van der Waals surface area contributed by atoms with Crippen molar-refractivity contribution in [1.29, 1.82) is 0 Å². The SMILES string of the molecule is CC(C(=O)c1ccc(Cl)cc1)N1CCOCC1CO. The van der Waals surface area contributed by atoms with Crippen molar-refractivity contribution in [2.24, 2.45) is 0 Å². The van der Waals surface area contributed by atoms with E-state index in [0.29, 0.717) is 30.3 Å². The van der Waals surface area contributed by atoms with Crippen LogP contribution < -0.4 is 0 Å². The summed E-state index contributed by atoms with van der Waals surface area (Å²) in [4.78, 5) is 14.4. The highest BCUT2D eigenvalue weighted by Gasteiger charge is 2.30. The number of carbonyl (C=O) groups excluding carboxylic acids is 1. The van der Waals surface area contributed by atoms with E-state index >= 15 is 0 Å². The van der Waals surface area contributed by atoms with Crippen LogP contribution >= 0.6 is 11.6 Å². The largest absolute Gasteiger partial charge is 0.395 e. The molecule has 1 heterocycles. The summed E-state index contributed by atoms with van der Waals surface area (Å²) in [5.74, 6) is 0.0389. The van der Waals surface area contributed by atoms with Gasteiger partial charge in [0.05, 0.1) is 31.9 Å². The monoisotopic (exact) mass is 283 g/mol. The Bertz CT molecular complexity index is 435. The van der Waals surface area contributed by atoms with Crippen LogP contribution in [0.2, 0.25) is 5.02 Å². The molecule has 1 aliphatic rings. The fourth-order valence-corrected chi connectivity index (χ4v) is 2.47. The molecule has 0 bridgehead atoms. The van der Waals surface area contributed by atoms with Gasteiger partial charge >= 0.3 is 0 Å². The van der Waals surface area contributed by atoms with Crippen LogP contribution in [-0.2, 0) is 4.74 Å². The quantitative estimate of drug-likeness (QED) is 0.853. The van der Waals surface area contributed by atoms with E-state index in [1.807, 2.05) is 11.8 Å². The zero-order valence-corrected chi connectivity index (χ0v) is 11.6. The molecular formula is C14H18ClNO3. The first-order valence-corrected chi connectivity index (χ1v) is 6.75. The number of ether oxygens (including phenoxy) is 1. The van der Waals surface area contributed by atoms with Gasteiger partial charge in [0.1, 0.15) is 0 Å². The number of morpholine rings is 1. The summed E-state index contributed by atoms with van der Waals surface area (Å²) in [6.45, 7) is 3.58. The fourth-order valence-electron chi connectivity index (χ4n) is 2.34. The van der Waals surface area contributed by atoms with Crippen molar-refractivity contribution in [3.8, 4) is 0 Å². The molecule has 0 aromatic heterocycles. The first-order valence-electron chi connectivity index (χ1n) is 6.37. The Balaban J connectivity index is 2.11. The summed E-state index contributed by atoms with van der Waals surface area (Å²) in [7, 11) is 0. The number of Topliss-reactive ketones (excluding diaryl/α,β-unsaturated/α-hetero) is 1. The normalized spacial score (nSPS) is 22.2. The molecule has 2 atom stereocenters. The highest BCUT2D eigenvalue weighted by atomic mass is 35.5. The molecule has 0 saturated carbocycles. The third-order valence-electron chi connectivity index (χ3n) is 3.49. The summed E-state index contributed by atoms with van der Waals surface area (Å²) >= 11 is 5.82. The van der Waals surface area contributed by atoms with Gasteiger partial charge in [-0.15, -0.1) is 0 Å². The maximum absolute atomic E-state index is 12.4. The lowest BCUT2D eigenvalue weighted by Gasteiger charge is -2.38. The van der Waals surface area contributed by atoms with Gasteiger partial charge in [-0.3, -0.25) is 9.69 Å². The number of ketones is 1. The Morgan fingerprint density at radius 1 is 1.53 bits per heavy atom. The van der Waals surface area contributed by atoms with Gasteiger partial charge in [-0.1, -0.05) is 11.6 Å². The van der Waals surface area contributed by atoms with Gasteiger partial charge < -0.3 is 9.84 Å². The van der Waals surface area contributed by atoms with Crippen LogP contribution in [0.3, 0.4) is 0 Å². The van der Waals surface area contributed by atoms with Crippen LogP contribution in [0.4, 0.5) is 0 Å². The van der Waals surface area contributed by atoms with E-state index in [4.69, 9.17) is 16.3 Å². The number of hydrogen-bond donors (Lipinski definition) is 1. The van der Waals surface area contributed by atoms with E-state index in [0.717, 1.165) is 0 Å². The summed E-state index contributed by atoms with van der Waals surface area (Å²) < 4.78 is 5.32. The van der Waals surface area contributed by atoms with Crippen LogP contribution in [-0.4, -0.2) is 54.2 Å². The Labute approximate surface area is 117 Å². The zero-order valence-electron chi connectivity index (χ0n) is 10.9. The molecule has 0 spiro atoms. The molecule has 1 aromatic rings. The highest BCUT2D eigenvalue weighted by molar-refractivity contribution is 6.30. The third kappa shape index (κ3) is 3.34.